The fourth-order valence-electron chi connectivity index (χ4n) is 2.76. The summed E-state index contributed by atoms with van der Waals surface area (Å²) in [6.45, 7) is 2.36. The molecule has 1 amide bonds. The maximum atomic E-state index is 11.9. The van der Waals surface area contributed by atoms with Crippen molar-refractivity contribution in [2.75, 3.05) is 13.1 Å². The highest BCUT2D eigenvalue weighted by Crippen LogP contribution is 2.22. The minimum Gasteiger partial charge on any atom is -0.341 e. The molecule has 0 aliphatic carbocycles. The second-order valence-electron chi connectivity index (χ2n) is 5.52. The first-order valence-corrected chi connectivity index (χ1v) is 8.77. The number of carbonyl (C=O) groups excluding carboxylic acids is 1. The number of hydrogen-bond acceptors (Lipinski definition) is 3. The van der Waals surface area contributed by atoms with Gasteiger partial charge in [0.05, 0.1) is 11.1 Å². The van der Waals surface area contributed by atoms with Crippen LogP contribution in [0.2, 0.25) is 5.02 Å². The summed E-state index contributed by atoms with van der Waals surface area (Å²) >= 11 is 7.63. The van der Waals surface area contributed by atoms with E-state index in [0.717, 1.165) is 31.1 Å². The third-order valence-corrected chi connectivity index (χ3v) is 5.21. The first-order chi connectivity index (χ1) is 10.7. The zero-order chi connectivity index (χ0) is 15.4. The zero-order valence-corrected chi connectivity index (χ0v) is 13.9. The second kappa shape index (κ2) is 7.27. The Morgan fingerprint density at radius 2 is 2.14 bits per heavy atom. The number of hydrogen-bond donors (Lipinski definition) is 1. The predicted molar refractivity (Wildman–Crippen MR) is 91.2 cm³/mol. The Morgan fingerprint density at radius 1 is 1.32 bits per heavy atom. The highest BCUT2D eigenvalue weighted by atomic mass is 35.5. The molecule has 3 nitrogen and oxygen atoms in total. The molecule has 1 N–H and O–H groups in total. The number of nitrogens with zero attached hydrogens (tertiary/aromatic N) is 1. The number of benzene rings is 1. The van der Waals surface area contributed by atoms with Gasteiger partial charge in [-0.3, -0.25) is 4.79 Å². The third kappa shape index (κ3) is 3.88. The van der Waals surface area contributed by atoms with Gasteiger partial charge in [0.1, 0.15) is 0 Å². The van der Waals surface area contributed by atoms with Crippen LogP contribution in [0.4, 0.5) is 0 Å². The Kier molecular flexibility index (Phi) is 5.13. The van der Waals surface area contributed by atoms with Crippen LogP contribution < -0.4 is 5.32 Å². The van der Waals surface area contributed by atoms with Crippen molar-refractivity contribution in [2.45, 2.75) is 25.4 Å². The van der Waals surface area contributed by atoms with Crippen molar-refractivity contribution < 1.29 is 4.79 Å². The van der Waals surface area contributed by atoms with E-state index in [4.69, 9.17) is 11.6 Å². The van der Waals surface area contributed by atoms with E-state index in [1.807, 2.05) is 34.5 Å². The van der Waals surface area contributed by atoms with E-state index in [-0.39, 0.29) is 11.9 Å². The van der Waals surface area contributed by atoms with Gasteiger partial charge < -0.3 is 10.2 Å². The van der Waals surface area contributed by atoms with Gasteiger partial charge in [-0.15, -0.1) is 11.3 Å². The molecule has 22 heavy (non-hydrogen) atoms. The Labute approximate surface area is 139 Å². The topological polar surface area (TPSA) is 32.3 Å². The molecule has 116 valence electrons. The van der Waals surface area contributed by atoms with Crippen molar-refractivity contribution in [2.24, 2.45) is 0 Å². The zero-order valence-electron chi connectivity index (χ0n) is 12.3. The van der Waals surface area contributed by atoms with Gasteiger partial charge in [-0.2, -0.15) is 0 Å². The fourth-order valence-corrected chi connectivity index (χ4v) is 3.78. The van der Waals surface area contributed by atoms with Crippen molar-refractivity contribution >= 4 is 28.8 Å². The summed E-state index contributed by atoms with van der Waals surface area (Å²) in [4.78, 5) is 15.1. The molecule has 1 atom stereocenters. The van der Waals surface area contributed by atoms with Crippen molar-refractivity contribution in [3.8, 4) is 0 Å². The molecule has 0 saturated carbocycles. The van der Waals surface area contributed by atoms with Crippen molar-refractivity contribution in [1.82, 2.24) is 10.2 Å². The highest BCUT2D eigenvalue weighted by molar-refractivity contribution is 7.10. The molecule has 2 heterocycles. The molecule has 1 fully saturated rings. The van der Waals surface area contributed by atoms with E-state index in [9.17, 15) is 4.79 Å². The van der Waals surface area contributed by atoms with Crippen LogP contribution in [0, 0.1) is 0 Å². The molecule has 5 heteroatoms. The lowest BCUT2D eigenvalue weighted by atomic mass is 10.1. The molecule has 0 spiro atoms. The van der Waals surface area contributed by atoms with Crippen LogP contribution >= 0.6 is 22.9 Å². The van der Waals surface area contributed by atoms with Gasteiger partial charge in [-0.25, -0.2) is 0 Å². The molecular weight excluding hydrogens is 316 g/mol. The van der Waals surface area contributed by atoms with E-state index >= 15 is 0 Å². The van der Waals surface area contributed by atoms with Crippen LogP contribution in [0.1, 0.15) is 29.3 Å². The predicted octanol–water partition coefficient (Wildman–Crippen LogP) is 3.85. The largest absolute Gasteiger partial charge is 0.341 e. The Hall–Kier alpha value is -1.36. The van der Waals surface area contributed by atoms with Crippen LogP contribution in [0.5, 0.6) is 0 Å². The average Bonchev–Trinajstić information content (AvgIpc) is 3.13. The summed E-state index contributed by atoms with van der Waals surface area (Å²) in [7, 11) is 0. The number of nitrogens with one attached hydrogen (secondary N) is 1. The van der Waals surface area contributed by atoms with Crippen LogP contribution in [-0.4, -0.2) is 23.9 Å². The van der Waals surface area contributed by atoms with Gasteiger partial charge in [0.15, 0.2) is 0 Å². The summed E-state index contributed by atoms with van der Waals surface area (Å²) in [6.07, 6.45) is 1.66. The van der Waals surface area contributed by atoms with Crippen LogP contribution in [0.15, 0.2) is 41.8 Å². The van der Waals surface area contributed by atoms with E-state index < -0.39 is 0 Å². The number of halogens is 1. The molecule has 1 aromatic heterocycles. The first-order valence-electron chi connectivity index (χ1n) is 7.51. The number of thiophene rings is 1. The Balaban J connectivity index is 1.69. The summed E-state index contributed by atoms with van der Waals surface area (Å²) < 4.78 is 0. The average molecular weight is 335 g/mol. The maximum Gasteiger partial charge on any atom is 0.222 e. The van der Waals surface area contributed by atoms with Crippen molar-refractivity contribution in [1.29, 1.82) is 0 Å². The summed E-state index contributed by atoms with van der Waals surface area (Å²) in [5.41, 5.74) is 1.21. The third-order valence-electron chi connectivity index (χ3n) is 3.92. The number of likely N-dealkylation sites (tertiary alicyclic amines) is 1. The van der Waals surface area contributed by atoms with Gasteiger partial charge in [-0.05, 0) is 18.1 Å². The molecule has 0 radical (unpaired) electrons. The molecule has 2 aromatic rings. The standard InChI is InChI=1S/C17H19ClN2OS/c18-14-9-15(22-12-14)10-19-16(13-5-2-1-3-6-13)11-20-8-4-7-17(20)21/h1-3,5-6,9,12,16,19H,4,7-8,10-11H2/t16-/m0/s1. The summed E-state index contributed by atoms with van der Waals surface area (Å²) in [5.74, 6) is 0.266. The molecular formula is C17H19ClN2OS. The number of amides is 1. The lowest BCUT2D eigenvalue weighted by Crippen LogP contribution is -2.35. The van der Waals surface area contributed by atoms with Gasteiger partial charge in [0, 0.05) is 36.3 Å². The number of rotatable bonds is 6. The molecule has 1 aliphatic heterocycles. The van der Waals surface area contributed by atoms with E-state index in [1.54, 1.807) is 11.3 Å². The van der Waals surface area contributed by atoms with Crippen LogP contribution in [0.3, 0.4) is 0 Å². The number of carbonyl (C=O) groups is 1. The highest BCUT2D eigenvalue weighted by Gasteiger charge is 2.24. The van der Waals surface area contributed by atoms with E-state index in [0.29, 0.717) is 6.42 Å². The van der Waals surface area contributed by atoms with Crippen LogP contribution in [-0.2, 0) is 11.3 Å². The Morgan fingerprint density at radius 3 is 2.77 bits per heavy atom. The van der Waals surface area contributed by atoms with Crippen molar-refractivity contribution in [3.05, 3.63) is 57.2 Å². The van der Waals surface area contributed by atoms with E-state index in [2.05, 4.69) is 17.4 Å². The minimum absolute atomic E-state index is 0.143. The fraction of sp³-hybridized carbons (Fsp3) is 0.353. The smallest absolute Gasteiger partial charge is 0.222 e. The molecule has 1 saturated heterocycles. The van der Waals surface area contributed by atoms with Crippen LogP contribution in [0.25, 0.3) is 0 Å². The van der Waals surface area contributed by atoms with Crippen molar-refractivity contribution in [3.63, 3.8) is 0 Å². The lowest BCUT2D eigenvalue weighted by molar-refractivity contribution is -0.128. The normalized spacial score (nSPS) is 16.2. The lowest BCUT2D eigenvalue weighted by Gasteiger charge is -2.25. The first kappa shape index (κ1) is 15.5. The van der Waals surface area contributed by atoms with E-state index in [1.165, 1.54) is 10.4 Å². The molecule has 0 unspecified atom stereocenters. The van der Waals surface area contributed by atoms with Gasteiger partial charge >= 0.3 is 0 Å². The molecule has 1 aliphatic rings. The monoisotopic (exact) mass is 334 g/mol. The SMILES string of the molecule is O=C1CCCN1C[C@H](NCc1cc(Cl)cs1)c1ccccc1. The molecule has 0 bridgehead atoms. The quantitative estimate of drug-likeness (QED) is 0.870. The second-order valence-corrected chi connectivity index (χ2v) is 6.95. The maximum absolute atomic E-state index is 11.9. The van der Waals surface area contributed by atoms with Gasteiger partial charge in [0.25, 0.3) is 0 Å². The minimum atomic E-state index is 0.143. The van der Waals surface area contributed by atoms with Gasteiger partial charge in [-0.1, -0.05) is 41.9 Å². The summed E-state index contributed by atoms with van der Waals surface area (Å²) in [6, 6.07) is 12.4. The Bertz CT molecular complexity index is 629. The molecule has 1 aromatic carbocycles. The van der Waals surface area contributed by atoms with Gasteiger partial charge in [0.2, 0.25) is 5.91 Å². The molecule has 3 rings (SSSR count). The summed E-state index contributed by atoms with van der Waals surface area (Å²) in [5, 5.41) is 6.30.